The molecular weight excluding hydrogens is 377 g/mol. The van der Waals surface area contributed by atoms with Crippen LogP contribution in [0.1, 0.15) is 22.3 Å². The Kier molecular flexibility index (Phi) is 6.64. The van der Waals surface area contributed by atoms with Crippen molar-refractivity contribution in [3.8, 4) is 0 Å². The summed E-state index contributed by atoms with van der Waals surface area (Å²) in [5.74, 6) is 0. The number of aryl methyl sites for hydroxylation is 4. The maximum Gasteiger partial charge on any atom is 0.266 e. The van der Waals surface area contributed by atoms with Gasteiger partial charge in [-0.15, -0.1) is 48.5 Å². The molecule has 4 aromatic carbocycles. The van der Waals surface area contributed by atoms with Gasteiger partial charge in [0.05, 0.1) is 0 Å². The van der Waals surface area contributed by atoms with Crippen molar-refractivity contribution in [2.75, 3.05) is 0 Å². The number of quaternary nitrogens is 1. The van der Waals surface area contributed by atoms with Crippen LogP contribution in [0.2, 0.25) is 0 Å². The van der Waals surface area contributed by atoms with Crippen molar-refractivity contribution in [1.29, 1.82) is 0 Å². The molecule has 0 saturated heterocycles. The average Bonchev–Trinajstić information content (AvgIpc) is 2.73. The first-order valence-electron chi connectivity index (χ1n) is 10.4. The van der Waals surface area contributed by atoms with Crippen molar-refractivity contribution < 1.29 is 0 Å². The molecule has 0 aliphatic carbocycles. The van der Waals surface area contributed by atoms with Crippen LogP contribution in [0.3, 0.4) is 0 Å². The third kappa shape index (κ3) is 4.00. The van der Waals surface area contributed by atoms with Gasteiger partial charge in [0.1, 0.15) is 0 Å². The van der Waals surface area contributed by atoms with E-state index in [1.165, 1.54) is 40.0 Å². The molecule has 0 fully saturated rings. The Morgan fingerprint density at radius 2 is 0.500 bits per heavy atom. The molecule has 0 unspecified atom stereocenters. The molecule has 152 valence electrons. The second kappa shape index (κ2) is 9.03. The molecule has 4 rings (SSSR count). The van der Waals surface area contributed by atoms with Gasteiger partial charge in [0, 0.05) is 0 Å². The predicted octanol–water partition coefficient (Wildman–Crippen LogP) is 4.67. The highest BCUT2D eigenvalue weighted by Gasteiger charge is 2.36. The maximum absolute atomic E-state index is 2.80. The van der Waals surface area contributed by atoms with Crippen LogP contribution in [-0.2, 0) is 0 Å². The van der Waals surface area contributed by atoms with Crippen LogP contribution in [0.25, 0.3) is 0 Å². The Balaban J connectivity index is 0.00000256. The Labute approximate surface area is 183 Å². The molecule has 0 aliphatic heterocycles. The van der Waals surface area contributed by atoms with Gasteiger partial charge in [-0.2, -0.15) is 0 Å². The first kappa shape index (κ1) is 22.1. The summed E-state index contributed by atoms with van der Waals surface area (Å²) in [6.07, 6.45) is 0. The first-order valence-corrected chi connectivity index (χ1v) is 12.7. The summed E-state index contributed by atoms with van der Waals surface area (Å²) in [7, 11) is 0. The van der Waals surface area contributed by atoms with E-state index in [0.29, 0.717) is 0 Å². The fourth-order valence-electron chi connectivity index (χ4n) is 4.58. The van der Waals surface area contributed by atoms with Gasteiger partial charge >= 0.3 is 0 Å². The van der Waals surface area contributed by atoms with E-state index in [1.807, 2.05) is 0 Å². The minimum Gasteiger partial charge on any atom is -0.369 e. The van der Waals surface area contributed by atoms with E-state index in [2.05, 4.69) is 125 Å². The predicted molar refractivity (Wildman–Crippen MR) is 135 cm³/mol. The summed E-state index contributed by atoms with van der Waals surface area (Å²) in [4.78, 5) is 0. The lowest BCUT2D eigenvalue weighted by molar-refractivity contribution is 1.46. The number of benzene rings is 4. The molecule has 4 N–H and O–H groups in total. The van der Waals surface area contributed by atoms with Gasteiger partial charge in [-0.05, 0) is 27.7 Å². The van der Waals surface area contributed by atoms with Crippen LogP contribution < -0.4 is 23.9 Å². The van der Waals surface area contributed by atoms with Gasteiger partial charge in [0.25, 0.3) is 13.1 Å². The van der Waals surface area contributed by atoms with Crippen molar-refractivity contribution in [2.24, 2.45) is 0 Å². The average molecular weight is 410 g/mol. The van der Waals surface area contributed by atoms with Crippen LogP contribution >= 0.6 is 0 Å². The summed E-state index contributed by atoms with van der Waals surface area (Å²) in [5.41, 5.74) is 5.22. The Hall–Kier alpha value is -2.63. The van der Waals surface area contributed by atoms with Crippen molar-refractivity contribution in [2.45, 2.75) is 27.7 Å². The number of hydrogen-bond donors (Lipinski definition) is 1. The van der Waals surface area contributed by atoms with E-state index in [0.717, 1.165) is 0 Å². The van der Waals surface area contributed by atoms with Crippen LogP contribution in [0, 0.1) is 27.7 Å². The lowest BCUT2D eigenvalue weighted by Crippen LogP contribution is -2.74. The van der Waals surface area contributed by atoms with Gasteiger partial charge in [0.2, 0.25) is 0 Å². The molecule has 4 aromatic rings. The Morgan fingerprint density at radius 3 is 0.667 bits per heavy atom. The van der Waals surface area contributed by atoms with Crippen LogP contribution in [0.5, 0.6) is 0 Å². The summed E-state index contributed by atoms with van der Waals surface area (Å²) in [6, 6.07) is 37.0. The Bertz CT molecular complexity index is 906. The summed E-state index contributed by atoms with van der Waals surface area (Å²) < 4.78 is 5.83. The SMILES string of the molecule is Cc1cc[c]([Al-]([c]2ccc(C)cc2)([c]2ccc(C)cc2)[c]2ccc(C)cc2)cc1.[NH4+]. The largest absolute Gasteiger partial charge is 0.369 e. The zero-order chi connectivity index (χ0) is 20.4. The molecule has 0 heterocycles. The third-order valence-electron chi connectivity index (χ3n) is 6.31. The van der Waals surface area contributed by atoms with Crippen LogP contribution in [0.15, 0.2) is 97.1 Å². The zero-order valence-electron chi connectivity index (χ0n) is 18.8. The number of hydrogen-bond acceptors (Lipinski definition) is 0. The van der Waals surface area contributed by atoms with Crippen molar-refractivity contribution in [3.63, 3.8) is 0 Å². The maximum atomic E-state index is 2.36. The summed E-state index contributed by atoms with van der Waals surface area (Å²) >= 11 is -2.80. The van der Waals surface area contributed by atoms with Crippen molar-refractivity contribution in [3.05, 3.63) is 119 Å². The number of rotatable bonds is 4. The second-order valence-corrected chi connectivity index (χ2v) is 12.9. The molecule has 0 spiro atoms. The van der Waals surface area contributed by atoms with Crippen LogP contribution in [-0.4, -0.2) is 13.1 Å². The lowest BCUT2D eigenvalue weighted by Gasteiger charge is -2.41. The molecule has 1 nitrogen and oxygen atoms in total. The third-order valence-corrected chi connectivity index (χ3v) is 11.8. The molecule has 0 saturated carbocycles. The monoisotopic (exact) mass is 409 g/mol. The highest BCUT2D eigenvalue weighted by molar-refractivity contribution is 7.19. The van der Waals surface area contributed by atoms with Crippen molar-refractivity contribution in [1.82, 2.24) is 6.15 Å². The topological polar surface area (TPSA) is 36.5 Å². The van der Waals surface area contributed by atoms with Gasteiger partial charge in [0.15, 0.2) is 0 Å². The van der Waals surface area contributed by atoms with E-state index < -0.39 is 13.1 Å². The van der Waals surface area contributed by atoms with E-state index in [9.17, 15) is 0 Å². The molecule has 0 bridgehead atoms. The lowest BCUT2D eigenvalue weighted by atomic mass is 10.2. The van der Waals surface area contributed by atoms with E-state index in [4.69, 9.17) is 0 Å². The normalized spacial score (nSPS) is 11.1. The summed E-state index contributed by atoms with van der Waals surface area (Å²) in [5, 5.41) is 0. The molecule has 30 heavy (non-hydrogen) atoms. The van der Waals surface area contributed by atoms with Crippen LogP contribution in [0.4, 0.5) is 0 Å². The molecule has 0 aromatic heterocycles. The van der Waals surface area contributed by atoms with Gasteiger partial charge in [-0.25, -0.2) is 17.7 Å². The smallest absolute Gasteiger partial charge is 0.266 e. The van der Waals surface area contributed by atoms with Gasteiger partial charge in [-0.3, -0.25) is 0 Å². The van der Waals surface area contributed by atoms with E-state index in [1.54, 1.807) is 0 Å². The van der Waals surface area contributed by atoms with E-state index in [-0.39, 0.29) is 6.15 Å². The van der Waals surface area contributed by atoms with Gasteiger partial charge < -0.3 is 6.15 Å². The zero-order valence-corrected chi connectivity index (χ0v) is 20.0. The highest BCUT2D eigenvalue weighted by atomic mass is 27.2. The molecule has 0 atom stereocenters. The molecular formula is C28H32AlN. The second-order valence-electron chi connectivity index (χ2n) is 8.51. The fraction of sp³-hybridized carbons (Fsp3) is 0.143. The fourth-order valence-corrected chi connectivity index (χ4v) is 9.96. The minimum atomic E-state index is -2.80. The quantitative estimate of drug-likeness (QED) is 0.476. The first-order chi connectivity index (χ1) is 14.0. The highest BCUT2D eigenvalue weighted by Crippen LogP contribution is 2.12. The van der Waals surface area contributed by atoms with Gasteiger partial charge in [-0.1, -0.05) is 70.8 Å². The molecule has 2 heteroatoms. The minimum absolute atomic E-state index is 0. The molecule has 0 amide bonds. The van der Waals surface area contributed by atoms with Crippen molar-refractivity contribution >= 4 is 30.8 Å². The molecule has 0 aliphatic rings. The Morgan fingerprint density at radius 1 is 0.333 bits per heavy atom. The summed E-state index contributed by atoms with van der Waals surface area (Å²) in [6.45, 7) is 8.67. The molecule has 0 radical (unpaired) electrons. The standard InChI is InChI=1S/4C7H7.Al.H3N/c4*1-7-5-3-2-4-6-7;;/h4*3-6H,1H3;;1H3/q;;;;-1;/p+1. The van der Waals surface area contributed by atoms with E-state index >= 15 is 0 Å².